The molecule has 3 nitrogen and oxygen atoms in total. The predicted molar refractivity (Wildman–Crippen MR) is 85.3 cm³/mol. The summed E-state index contributed by atoms with van der Waals surface area (Å²) in [5.74, 6) is -0.248. The highest BCUT2D eigenvalue weighted by Gasteiger charge is 2.31. The van der Waals surface area contributed by atoms with Crippen molar-refractivity contribution in [2.24, 2.45) is 0 Å². The lowest BCUT2D eigenvalue weighted by molar-refractivity contribution is 0.206. The van der Waals surface area contributed by atoms with Crippen molar-refractivity contribution >= 4 is 11.7 Å². The summed E-state index contributed by atoms with van der Waals surface area (Å²) >= 11 is 0. The van der Waals surface area contributed by atoms with Gasteiger partial charge >= 0.3 is 6.03 Å². The number of rotatable bonds is 2. The van der Waals surface area contributed by atoms with Gasteiger partial charge in [-0.05, 0) is 38.0 Å². The molecule has 0 unspecified atom stereocenters. The summed E-state index contributed by atoms with van der Waals surface area (Å²) in [7, 11) is 0. The fourth-order valence-electron chi connectivity index (χ4n) is 2.91. The molecule has 0 saturated carbocycles. The molecule has 1 aliphatic heterocycles. The number of hydrogen-bond acceptors (Lipinski definition) is 1. The van der Waals surface area contributed by atoms with Crippen molar-refractivity contribution in [3.63, 3.8) is 0 Å². The Labute approximate surface area is 129 Å². The highest BCUT2D eigenvalue weighted by atomic mass is 19.1. The number of likely N-dealkylation sites (tertiary alicyclic amines) is 1. The van der Waals surface area contributed by atoms with Gasteiger partial charge in [0, 0.05) is 17.8 Å². The third-order valence-electron chi connectivity index (χ3n) is 4.08. The van der Waals surface area contributed by atoms with Crippen LogP contribution in [0, 0.1) is 12.7 Å². The topological polar surface area (TPSA) is 32.3 Å². The highest BCUT2D eigenvalue weighted by Crippen LogP contribution is 2.33. The van der Waals surface area contributed by atoms with Gasteiger partial charge in [-0.15, -0.1) is 0 Å². The van der Waals surface area contributed by atoms with Crippen LogP contribution >= 0.6 is 0 Å². The van der Waals surface area contributed by atoms with Gasteiger partial charge in [0.2, 0.25) is 0 Å². The van der Waals surface area contributed by atoms with Crippen LogP contribution in [0.2, 0.25) is 0 Å². The second-order valence-electron chi connectivity index (χ2n) is 5.67. The zero-order chi connectivity index (χ0) is 15.5. The third kappa shape index (κ3) is 2.96. The lowest BCUT2D eigenvalue weighted by Gasteiger charge is -2.25. The minimum Gasteiger partial charge on any atom is -0.317 e. The zero-order valence-electron chi connectivity index (χ0n) is 12.6. The smallest absolute Gasteiger partial charge is 0.317 e. The zero-order valence-corrected chi connectivity index (χ0v) is 12.6. The average Bonchev–Trinajstić information content (AvgIpc) is 2.99. The summed E-state index contributed by atoms with van der Waals surface area (Å²) in [6.07, 6.45) is 1.68. The van der Waals surface area contributed by atoms with E-state index in [0.717, 1.165) is 24.1 Å². The van der Waals surface area contributed by atoms with Crippen LogP contribution in [0.4, 0.5) is 14.9 Å². The molecule has 1 heterocycles. The number of carbonyl (C=O) groups is 1. The number of nitrogens with one attached hydrogen (secondary N) is 1. The number of urea groups is 1. The molecule has 0 spiro atoms. The van der Waals surface area contributed by atoms with Gasteiger partial charge in [-0.3, -0.25) is 0 Å². The number of benzene rings is 2. The molecule has 1 aliphatic rings. The first-order chi connectivity index (χ1) is 10.6. The van der Waals surface area contributed by atoms with Crippen molar-refractivity contribution < 1.29 is 9.18 Å². The largest absolute Gasteiger partial charge is 0.322 e. The summed E-state index contributed by atoms with van der Waals surface area (Å²) in [4.78, 5) is 14.2. The van der Waals surface area contributed by atoms with E-state index in [9.17, 15) is 9.18 Å². The Kier molecular flexibility index (Phi) is 4.09. The lowest BCUT2D eigenvalue weighted by Crippen LogP contribution is -2.34. The maximum Gasteiger partial charge on any atom is 0.322 e. The number of anilines is 1. The van der Waals surface area contributed by atoms with Crippen LogP contribution in [0.3, 0.4) is 0 Å². The van der Waals surface area contributed by atoms with Crippen LogP contribution in [0.5, 0.6) is 0 Å². The fraction of sp³-hybridized carbons (Fsp3) is 0.278. The molecule has 2 aromatic rings. The van der Waals surface area contributed by atoms with E-state index in [4.69, 9.17) is 0 Å². The molecular formula is C18H19FN2O. The van der Waals surface area contributed by atoms with E-state index in [1.54, 1.807) is 17.0 Å². The molecule has 0 aromatic heterocycles. The number of carbonyl (C=O) groups excluding carboxylic acids is 1. The van der Waals surface area contributed by atoms with E-state index >= 15 is 0 Å². The molecule has 3 rings (SSSR count). The summed E-state index contributed by atoms with van der Waals surface area (Å²) in [6.45, 7) is 2.65. The maximum absolute atomic E-state index is 14.0. The first-order valence-electron chi connectivity index (χ1n) is 7.54. The van der Waals surface area contributed by atoms with Gasteiger partial charge in [-0.25, -0.2) is 9.18 Å². The van der Waals surface area contributed by atoms with Crippen LogP contribution < -0.4 is 5.32 Å². The average molecular weight is 298 g/mol. The van der Waals surface area contributed by atoms with E-state index in [1.165, 1.54) is 6.07 Å². The molecule has 1 saturated heterocycles. The lowest BCUT2D eigenvalue weighted by atomic mass is 10.0. The van der Waals surface area contributed by atoms with E-state index in [1.807, 2.05) is 37.3 Å². The summed E-state index contributed by atoms with van der Waals surface area (Å²) in [5.41, 5.74) is 2.50. The van der Waals surface area contributed by atoms with Crippen LogP contribution in [-0.4, -0.2) is 17.5 Å². The van der Waals surface area contributed by atoms with Crippen LogP contribution in [0.25, 0.3) is 0 Å². The Bertz CT molecular complexity index is 669. The number of aryl methyl sites for hydroxylation is 1. The van der Waals surface area contributed by atoms with Crippen molar-refractivity contribution in [1.29, 1.82) is 0 Å². The van der Waals surface area contributed by atoms with Gasteiger partial charge in [0.05, 0.1) is 6.04 Å². The normalized spacial score (nSPS) is 17.5. The van der Waals surface area contributed by atoms with E-state index < -0.39 is 0 Å². The van der Waals surface area contributed by atoms with Crippen molar-refractivity contribution in [1.82, 2.24) is 4.90 Å². The molecule has 0 aliphatic carbocycles. The molecule has 4 heteroatoms. The second kappa shape index (κ2) is 6.18. The molecule has 22 heavy (non-hydrogen) atoms. The molecule has 2 amide bonds. The fourth-order valence-corrected chi connectivity index (χ4v) is 2.91. The number of nitrogens with zero attached hydrogens (tertiary/aromatic N) is 1. The van der Waals surface area contributed by atoms with E-state index in [2.05, 4.69) is 5.32 Å². The van der Waals surface area contributed by atoms with Gasteiger partial charge in [0.1, 0.15) is 5.82 Å². The molecular weight excluding hydrogens is 279 g/mol. The Morgan fingerprint density at radius 1 is 1.18 bits per heavy atom. The number of hydrogen-bond donors (Lipinski definition) is 1. The highest BCUT2D eigenvalue weighted by molar-refractivity contribution is 5.89. The van der Waals surface area contributed by atoms with Crippen LogP contribution in [0.1, 0.15) is 30.0 Å². The van der Waals surface area contributed by atoms with Gasteiger partial charge in [-0.1, -0.05) is 35.9 Å². The Balaban J connectivity index is 1.76. The quantitative estimate of drug-likeness (QED) is 0.869. The van der Waals surface area contributed by atoms with E-state index in [0.29, 0.717) is 12.1 Å². The van der Waals surface area contributed by atoms with Crippen LogP contribution in [0.15, 0.2) is 48.5 Å². The summed E-state index contributed by atoms with van der Waals surface area (Å²) in [5, 5.41) is 2.89. The molecule has 1 atom stereocenters. The van der Waals surface area contributed by atoms with Crippen LogP contribution in [-0.2, 0) is 0 Å². The SMILES string of the molecule is Cc1ccc(NC(=O)N2CCC[C@H]2c2ccccc2F)cc1. The molecule has 0 radical (unpaired) electrons. The van der Waals surface area contributed by atoms with Gasteiger partial charge in [0.15, 0.2) is 0 Å². The minimum atomic E-state index is -0.248. The second-order valence-corrected chi connectivity index (χ2v) is 5.67. The Morgan fingerprint density at radius 2 is 1.91 bits per heavy atom. The summed E-state index contributed by atoms with van der Waals surface area (Å²) < 4.78 is 14.0. The third-order valence-corrected chi connectivity index (χ3v) is 4.08. The van der Waals surface area contributed by atoms with Gasteiger partial charge in [-0.2, -0.15) is 0 Å². The van der Waals surface area contributed by atoms with Crippen molar-refractivity contribution in [2.45, 2.75) is 25.8 Å². The first-order valence-corrected chi connectivity index (χ1v) is 7.54. The minimum absolute atomic E-state index is 0.172. The first kappa shape index (κ1) is 14.6. The van der Waals surface area contributed by atoms with Crippen molar-refractivity contribution in [3.05, 3.63) is 65.5 Å². The van der Waals surface area contributed by atoms with Gasteiger partial charge < -0.3 is 10.2 Å². The Hall–Kier alpha value is -2.36. The summed E-state index contributed by atoms with van der Waals surface area (Å²) in [6, 6.07) is 14.0. The standard InChI is InChI=1S/C18H19FN2O/c1-13-8-10-14(11-9-13)20-18(22)21-12-4-7-17(21)15-5-2-3-6-16(15)19/h2-3,5-6,8-11,17H,4,7,12H2,1H3,(H,20,22)/t17-/m0/s1. The molecule has 1 N–H and O–H groups in total. The van der Waals surface area contributed by atoms with Crippen molar-refractivity contribution in [3.8, 4) is 0 Å². The monoisotopic (exact) mass is 298 g/mol. The molecule has 2 aromatic carbocycles. The van der Waals surface area contributed by atoms with Crippen molar-refractivity contribution in [2.75, 3.05) is 11.9 Å². The van der Waals surface area contributed by atoms with E-state index in [-0.39, 0.29) is 17.9 Å². The Morgan fingerprint density at radius 3 is 2.64 bits per heavy atom. The predicted octanol–water partition coefficient (Wildman–Crippen LogP) is 4.50. The van der Waals surface area contributed by atoms with Gasteiger partial charge in [0.25, 0.3) is 0 Å². The number of amides is 2. The molecule has 1 fully saturated rings. The molecule has 114 valence electrons. The number of halogens is 1. The molecule has 0 bridgehead atoms. The maximum atomic E-state index is 14.0.